The van der Waals surface area contributed by atoms with Crippen molar-refractivity contribution in [1.82, 2.24) is 0 Å². The molecule has 6 heteroatoms. The molecule has 1 atom stereocenters. The zero-order valence-electron chi connectivity index (χ0n) is 13.4. The van der Waals surface area contributed by atoms with Gasteiger partial charge in [-0.15, -0.1) is 0 Å². The van der Waals surface area contributed by atoms with Gasteiger partial charge in [0.05, 0.1) is 15.6 Å². The van der Waals surface area contributed by atoms with Crippen LogP contribution in [0.4, 0.5) is 15.8 Å². The van der Waals surface area contributed by atoms with Crippen LogP contribution >= 0.6 is 23.2 Å². The summed E-state index contributed by atoms with van der Waals surface area (Å²) in [5, 5.41) is 4.11. The molecule has 0 radical (unpaired) electrons. The first-order valence-electron chi connectivity index (χ1n) is 7.95. The van der Waals surface area contributed by atoms with Crippen LogP contribution in [0.2, 0.25) is 10.0 Å². The lowest BCUT2D eigenvalue weighted by Crippen LogP contribution is -2.43. The molecular formula is C20H13Cl2FN2O. The minimum absolute atomic E-state index is 0.202. The number of carbonyl (C=O) groups is 1. The first kappa shape index (κ1) is 16.9. The Morgan fingerprint density at radius 1 is 0.923 bits per heavy atom. The molecular weight excluding hydrogens is 374 g/mol. The Morgan fingerprint density at radius 3 is 2.42 bits per heavy atom. The number of nitrogens with zero attached hydrogens (tertiary/aromatic N) is 1. The molecule has 0 saturated heterocycles. The number of para-hydroxylation sites is 1. The van der Waals surface area contributed by atoms with Crippen molar-refractivity contribution in [2.75, 3.05) is 10.2 Å². The first-order chi connectivity index (χ1) is 12.6. The number of fused-ring (bicyclic) bond motifs is 1. The van der Waals surface area contributed by atoms with E-state index in [2.05, 4.69) is 5.32 Å². The van der Waals surface area contributed by atoms with E-state index in [4.69, 9.17) is 23.2 Å². The van der Waals surface area contributed by atoms with Gasteiger partial charge in [-0.3, -0.25) is 9.69 Å². The third kappa shape index (κ3) is 2.81. The smallest absolute Gasteiger partial charge is 0.262 e. The molecule has 3 aromatic rings. The van der Waals surface area contributed by atoms with E-state index in [0.29, 0.717) is 32.5 Å². The second-order valence-electron chi connectivity index (χ2n) is 5.89. The van der Waals surface area contributed by atoms with E-state index in [1.54, 1.807) is 41.3 Å². The van der Waals surface area contributed by atoms with E-state index in [-0.39, 0.29) is 11.7 Å². The van der Waals surface area contributed by atoms with E-state index in [1.807, 2.05) is 18.2 Å². The Morgan fingerprint density at radius 2 is 1.65 bits per heavy atom. The molecule has 130 valence electrons. The molecule has 3 nitrogen and oxygen atoms in total. The number of hydrogen-bond donors (Lipinski definition) is 1. The highest BCUT2D eigenvalue weighted by Crippen LogP contribution is 2.40. The van der Waals surface area contributed by atoms with Crippen molar-refractivity contribution in [2.45, 2.75) is 6.17 Å². The summed E-state index contributed by atoms with van der Waals surface area (Å²) in [6.45, 7) is 0. The summed E-state index contributed by atoms with van der Waals surface area (Å²) in [6.07, 6.45) is -0.575. The van der Waals surface area contributed by atoms with Gasteiger partial charge in [-0.25, -0.2) is 4.39 Å². The van der Waals surface area contributed by atoms with Crippen molar-refractivity contribution in [2.24, 2.45) is 0 Å². The summed E-state index contributed by atoms with van der Waals surface area (Å²) in [5.41, 5.74) is 2.45. The minimum Gasteiger partial charge on any atom is -0.360 e. The molecule has 0 fully saturated rings. The molecule has 1 aliphatic heterocycles. The molecule has 1 heterocycles. The van der Waals surface area contributed by atoms with Crippen LogP contribution in [0.15, 0.2) is 66.7 Å². The molecule has 1 aliphatic rings. The highest BCUT2D eigenvalue weighted by Gasteiger charge is 2.35. The Bertz CT molecular complexity index is 991. The number of carbonyl (C=O) groups excluding carboxylic acids is 1. The number of hydrogen-bond acceptors (Lipinski definition) is 2. The number of nitrogens with one attached hydrogen (secondary N) is 1. The van der Waals surface area contributed by atoms with Crippen LogP contribution in [0.1, 0.15) is 22.1 Å². The van der Waals surface area contributed by atoms with E-state index in [9.17, 15) is 9.18 Å². The normalized spacial score (nSPS) is 16.2. The number of halogens is 3. The number of benzene rings is 3. The minimum atomic E-state index is -0.575. The van der Waals surface area contributed by atoms with Gasteiger partial charge in [-0.05, 0) is 42.5 Å². The third-order valence-corrected chi connectivity index (χ3v) is 5.14. The number of anilines is 2. The van der Waals surface area contributed by atoms with Crippen molar-refractivity contribution in [3.63, 3.8) is 0 Å². The van der Waals surface area contributed by atoms with E-state index in [0.717, 1.165) is 0 Å². The molecule has 0 aliphatic carbocycles. The first-order valence-corrected chi connectivity index (χ1v) is 8.70. The molecule has 0 bridgehead atoms. The summed E-state index contributed by atoms with van der Waals surface area (Å²) in [4.78, 5) is 14.8. The fourth-order valence-corrected chi connectivity index (χ4v) is 3.48. The van der Waals surface area contributed by atoms with Gasteiger partial charge in [-0.1, -0.05) is 47.5 Å². The fraction of sp³-hybridized carbons (Fsp3) is 0.0500. The second kappa shape index (κ2) is 6.63. The maximum absolute atomic E-state index is 13.4. The third-order valence-electron chi connectivity index (χ3n) is 4.31. The van der Waals surface area contributed by atoms with E-state index < -0.39 is 6.17 Å². The van der Waals surface area contributed by atoms with Crippen LogP contribution in [0.25, 0.3) is 0 Å². The van der Waals surface area contributed by atoms with Crippen molar-refractivity contribution in [3.8, 4) is 0 Å². The Kier molecular flexibility index (Phi) is 4.31. The van der Waals surface area contributed by atoms with E-state index in [1.165, 1.54) is 12.1 Å². The maximum atomic E-state index is 13.4. The molecule has 4 rings (SSSR count). The molecule has 0 aromatic heterocycles. The maximum Gasteiger partial charge on any atom is 0.262 e. The van der Waals surface area contributed by atoms with Gasteiger partial charge < -0.3 is 5.32 Å². The average Bonchev–Trinajstić information content (AvgIpc) is 2.65. The SMILES string of the molecule is O=C1c2ccccc2N[C@H](c2cccc(Cl)c2Cl)N1c1ccc(F)cc1. The van der Waals surface area contributed by atoms with Crippen LogP contribution in [-0.4, -0.2) is 5.91 Å². The molecule has 1 N–H and O–H groups in total. The molecule has 0 spiro atoms. The fourth-order valence-electron chi connectivity index (χ4n) is 3.07. The van der Waals surface area contributed by atoms with Gasteiger partial charge in [0.2, 0.25) is 0 Å². The predicted molar refractivity (Wildman–Crippen MR) is 102 cm³/mol. The monoisotopic (exact) mass is 386 g/mol. The van der Waals surface area contributed by atoms with Crippen molar-refractivity contribution in [1.29, 1.82) is 0 Å². The van der Waals surface area contributed by atoms with Crippen LogP contribution < -0.4 is 10.2 Å². The van der Waals surface area contributed by atoms with Gasteiger partial charge in [-0.2, -0.15) is 0 Å². The summed E-state index contributed by atoms with van der Waals surface area (Å²) in [7, 11) is 0. The van der Waals surface area contributed by atoms with Gasteiger partial charge >= 0.3 is 0 Å². The van der Waals surface area contributed by atoms with Gasteiger partial charge in [0, 0.05) is 16.9 Å². The molecule has 0 unspecified atom stereocenters. The van der Waals surface area contributed by atoms with Crippen LogP contribution in [0.5, 0.6) is 0 Å². The number of rotatable bonds is 2. The lowest BCUT2D eigenvalue weighted by atomic mass is 10.0. The lowest BCUT2D eigenvalue weighted by Gasteiger charge is -2.38. The summed E-state index contributed by atoms with van der Waals surface area (Å²) in [6, 6.07) is 18.3. The second-order valence-corrected chi connectivity index (χ2v) is 6.67. The quantitative estimate of drug-likeness (QED) is 0.594. The van der Waals surface area contributed by atoms with Crippen molar-refractivity contribution >= 4 is 40.5 Å². The van der Waals surface area contributed by atoms with Crippen molar-refractivity contribution in [3.05, 3.63) is 93.7 Å². The molecule has 26 heavy (non-hydrogen) atoms. The molecule has 3 aromatic carbocycles. The number of amides is 1. The highest BCUT2D eigenvalue weighted by molar-refractivity contribution is 6.42. The lowest BCUT2D eigenvalue weighted by molar-refractivity contribution is 0.0975. The van der Waals surface area contributed by atoms with Gasteiger partial charge in [0.25, 0.3) is 5.91 Å². The topological polar surface area (TPSA) is 32.3 Å². The van der Waals surface area contributed by atoms with Crippen LogP contribution in [-0.2, 0) is 0 Å². The van der Waals surface area contributed by atoms with Crippen molar-refractivity contribution < 1.29 is 9.18 Å². The Hall–Kier alpha value is -2.56. The summed E-state index contributed by atoms with van der Waals surface area (Å²) >= 11 is 12.6. The Labute approximate surface area is 160 Å². The summed E-state index contributed by atoms with van der Waals surface area (Å²) < 4.78 is 13.4. The van der Waals surface area contributed by atoms with Gasteiger partial charge in [0.15, 0.2) is 0 Å². The standard InChI is InChI=1S/C20H13Cl2FN2O/c21-16-6-3-5-15(18(16)22)19-24-17-7-2-1-4-14(17)20(26)25(19)13-10-8-12(23)9-11-13/h1-11,19,24H/t19-/m0/s1. The van der Waals surface area contributed by atoms with Crippen LogP contribution in [0.3, 0.4) is 0 Å². The zero-order chi connectivity index (χ0) is 18.3. The van der Waals surface area contributed by atoms with Crippen LogP contribution in [0, 0.1) is 5.82 Å². The molecule has 1 amide bonds. The molecule has 0 saturated carbocycles. The zero-order valence-corrected chi connectivity index (χ0v) is 14.9. The average molecular weight is 387 g/mol. The largest absolute Gasteiger partial charge is 0.360 e. The highest BCUT2D eigenvalue weighted by atomic mass is 35.5. The van der Waals surface area contributed by atoms with Gasteiger partial charge in [0.1, 0.15) is 12.0 Å². The predicted octanol–water partition coefficient (Wildman–Crippen LogP) is 5.90. The Balaban J connectivity index is 1.90. The summed E-state index contributed by atoms with van der Waals surface area (Å²) in [5.74, 6) is -0.573. The van der Waals surface area contributed by atoms with E-state index >= 15 is 0 Å².